The molecule has 4 nitrogen and oxygen atoms in total. The first-order valence-electron chi connectivity index (χ1n) is 7.47. The van der Waals surface area contributed by atoms with Gasteiger partial charge in [-0.2, -0.15) is 0 Å². The molecule has 0 bridgehead atoms. The fourth-order valence-corrected chi connectivity index (χ4v) is 3.74. The van der Waals surface area contributed by atoms with Crippen LogP contribution in [0.15, 0.2) is 18.3 Å². The van der Waals surface area contributed by atoms with Crippen molar-refractivity contribution in [1.29, 1.82) is 0 Å². The molecule has 1 aliphatic carbocycles. The zero-order chi connectivity index (χ0) is 12.7. The van der Waals surface area contributed by atoms with Gasteiger partial charge in [0.15, 0.2) is 5.65 Å². The number of hydrogen-bond donors (Lipinski definition) is 2. The third kappa shape index (κ3) is 2.04. The van der Waals surface area contributed by atoms with Crippen LogP contribution in [0.3, 0.4) is 0 Å². The molecule has 19 heavy (non-hydrogen) atoms. The van der Waals surface area contributed by atoms with Gasteiger partial charge in [-0.25, -0.2) is 9.97 Å². The molecule has 0 radical (unpaired) electrons. The Hall–Kier alpha value is -1.42. The normalized spacial score (nSPS) is 31.3. The highest BCUT2D eigenvalue weighted by Gasteiger charge is 2.33. The van der Waals surface area contributed by atoms with Crippen LogP contribution in [-0.4, -0.2) is 21.0 Å². The zero-order valence-corrected chi connectivity index (χ0v) is 11.1. The number of nitrogens with zero attached hydrogens (tertiary/aromatic N) is 2. The van der Waals surface area contributed by atoms with Crippen LogP contribution in [0.5, 0.6) is 0 Å². The molecule has 2 aliphatic rings. The van der Waals surface area contributed by atoms with Crippen molar-refractivity contribution in [1.82, 2.24) is 20.3 Å². The van der Waals surface area contributed by atoms with E-state index >= 15 is 0 Å². The van der Waals surface area contributed by atoms with E-state index in [0.717, 1.165) is 22.9 Å². The molecule has 2 fully saturated rings. The van der Waals surface area contributed by atoms with Crippen molar-refractivity contribution in [3.63, 3.8) is 0 Å². The summed E-state index contributed by atoms with van der Waals surface area (Å²) < 4.78 is 0. The number of nitrogens with one attached hydrogen (secondary N) is 2. The smallest absolute Gasteiger partial charge is 0.177 e. The molecule has 4 rings (SSSR count). The number of fused-ring (bicyclic) bond motifs is 2. The monoisotopic (exact) mass is 256 g/mol. The number of aromatic nitrogens is 3. The lowest BCUT2D eigenvalue weighted by Gasteiger charge is -2.39. The van der Waals surface area contributed by atoms with Gasteiger partial charge >= 0.3 is 0 Å². The van der Waals surface area contributed by atoms with E-state index in [1.165, 1.54) is 38.5 Å². The van der Waals surface area contributed by atoms with Crippen LogP contribution in [0.1, 0.15) is 50.4 Å². The van der Waals surface area contributed by atoms with E-state index in [2.05, 4.69) is 20.3 Å². The van der Waals surface area contributed by atoms with Crippen molar-refractivity contribution in [3.05, 3.63) is 24.2 Å². The van der Waals surface area contributed by atoms with Crippen LogP contribution in [0.2, 0.25) is 0 Å². The molecule has 0 aromatic carbocycles. The molecule has 1 saturated carbocycles. The van der Waals surface area contributed by atoms with Crippen LogP contribution in [0.25, 0.3) is 11.2 Å². The summed E-state index contributed by atoms with van der Waals surface area (Å²) in [4.78, 5) is 12.4. The number of pyridine rings is 1. The second kappa shape index (κ2) is 4.60. The minimum atomic E-state index is 0.383. The Morgan fingerprint density at radius 3 is 3.00 bits per heavy atom. The van der Waals surface area contributed by atoms with Crippen LogP contribution in [-0.2, 0) is 0 Å². The van der Waals surface area contributed by atoms with Crippen molar-refractivity contribution in [2.75, 3.05) is 0 Å². The van der Waals surface area contributed by atoms with E-state index in [0.29, 0.717) is 12.1 Å². The maximum Gasteiger partial charge on any atom is 0.177 e. The van der Waals surface area contributed by atoms with Crippen molar-refractivity contribution < 1.29 is 0 Å². The van der Waals surface area contributed by atoms with E-state index in [1.54, 1.807) is 6.20 Å². The molecule has 0 amide bonds. The standard InChI is InChI=1S/C15H20N4/c1-2-5-11-10(4-1)7-8-13(17-11)15-18-12-6-3-9-16-14(12)19-15/h3,6,9-11,13,17H,1-2,4-5,7-8H2,(H,16,18,19). The minimum absolute atomic E-state index is 0.383. The molecular weight excluding hydrogens is 236 g/mol. The first kappa shape index (κ1) is 11.4. The fraction of sp³-hybridized carbons (Fsp3) is 0.600. The molecule has 3 unspecified atom stereocenters. The molecule has 3 atom stereocenters. The lowest BCUT2D eigenvalue weighted by Crippen LogP contribution is -2.45. The van der Waals surface area contributed by atoms with E-state index in [-0.39, 0.29) is 0 Å². The first-order valence-corrected chi connectivity index (χ1v) is 7.47. The quantitative estimate of drug-likeness (QED) is 0.824. The maximum absolute atomic E-state index is 4.64. The maximum atomic E-state index is 4.64. The third-order valence-corrected chi connectivity index (χ3v) is 4.76. The number of rotatable bonds is 1. The number of H-pyrrole nitrogens is 1. The second-order valence-corrected chi connectivity index (χ2v) is 5.94. The minimum Gasteiger partial charge on any atom is -0.339 e. The molecule has 2 N–H and O–H groups in total. The molecule has 100 valence electrons. The van der Waals surface area contributed by atoms with Gasteiger partial charge in [0.05, 0.1) is 11.6 Å². The van der Waals surface area contributed by atoms with Crippen LogP contribution < -0.4 is 5.32 Å². The second-order valence-electron chi connectivity index (χ2n) is 5.94. The van der Waals surface area contributed by atoms with Gasteiger partial charge in [0, 0.05) is 12.2 Å². The van der Waals surface area contributed by atoms with E-state index in [1.807, 2.05) is 12.1 Å². The Morgan fingerprint density at radius 2 is 2.05 bits per heavy atom. The lowest BCUT2D eigenvalue weighted by atomic mass is 9.77. The van der Waals surface area contributed by atoms with Crippen molar-refractivity contribution >= 4 is 11.2 Å². The zero-order valence-electron chi connectivity index (χ0n) is 11.1. The van der Waals surface area contributed by atoms with Gasteiger partial charge in [-0.05, 0) is 43.7 Å². The molecule has 1 aliphatic heterocycles. The lowest BCUT2D eigenvalue weighted by molar-refractivity contribution is 0.174. The van der Waals surface area contributed by atoms with Crippen molar-refractivity contribution in [2.45, 2.75) is 50.6 Å². The number of hydrogen-bond acceptors (Lipinski definition) is 3. The van der Waals surface area contributed by atoms with E-state index in [9.17, 15) is 0 Å². The molecule has 3 heterocycles. The molecule has 0 spiro atoms. The van der Waals surface area contributed by atoms with Gasteiger partial charge in [-0.15, -0.1) is 0 Å². The van der Waals surface area contributed by atoms with Crippen LogP contribution in [0.4, 0.5) is 0 Å². The largest absolute Gasteiger partial charge is 0.339 e. The third-order valence-electron chi connectivity index (χ3n) is 4.76. The summed E-state index contributed by atoms with van der Waals surface area (Å²) in [5.74, 6) is 1.96. The van der Waals surface area contributed by atoms with Gasteiger partial charge in [-0.3, -0.25) is 0 Å². The van der Waals surface area contributed by atoms with E-state index in [4.69, 9.17) is 0 Å². The number of imidazole rings is 1. The van der Waals surface area contributed by atoms with Crippen LogP contribution in [0, 0.1) is 5.92 Å². The highest BCUT2D eigenvalue weighted by atomic mass is 15.1. The van der Waals surface area contributed by atoms with Gasteiger partial charge in [0.1, 0.15) is 5.82 Å². The van der Waals surface area contributed by atoms with Gasteiger partial charge in [0.2, 0.25) is 0 Å². The predicted molar refractivity (Wildman–Crippen MR) is 74.7 cm³/mol. The molecular formula is C15H20N4. The summed E-state index contributed by atoms with van der Waals surface area (Å²) in [7, 11) is 0. The molecule has 1 saturated heterocycles. The molecule has 4 heteroatoms. The van der Waals surface area contributed by atoms with Gasteiger partial charge in [-0.1, -0.05) is 12.8 Å². The average molecular weight is 256 g/mol. The highest BCUT2D eigenvalue weighted by Crippen LogP contribution is 2.36. The van der Waals surface area contributed by atoms with E-state index < -0.39 is 0 Å². The molecule has 2 aromatic heterocycles. The SMILES string of the molecule is c1cnc2nc(C3CCC4CCCCC4N3)[nH]c2c1. The van der Waals surface area contributed by atoms with Gasteiger partial charge < -0.3 is 10.3 Å². The Balaban J connectivity index is 1.58. The van der Waals surface area contributed by atoms with Crippen molar-refractivity contribution in [2.24, 2.45) is 5.92 Å². The fourth-order valence-electron chi connectivity index (χ4n) is 3.74. The highest BCUT2D eigenvalue weighted by molar-refractivity contribution is 5.70. The summed E-state index contributed by atoms with van der Waals surface area (Å²) in [5.41, 5.74) is 1.88. The molecule has 2 aromatic rings. The Morgan fingerprint density at radius 1 is 1.11 bits per heavy atom. The number of piperidine rings is 1. The summed E-state index contributed by atoms with van der Waals surface area (Å²) >= 11 is 0. The topological polar surface area (TPSA) is 53.6 Å². The van der Waals surface area contributed by atoms with Gasteiger partial charge in [0.25, 0.3) is 0 Å². The Kier molecular flexibility index (Phi) is 2.76. The summed E-state index contributed by atoms with van der Waals surface area (Å²) in [6.45, 7) is 0. The summed E-state index contributed by atoms with van der Waals surface area (Å²) in [6, 6.07) is 5.09. The Labute approximate surface area is 113 Å². The summed E-state index contributed by atoms with van der Waals surface area (Å²) in [5, 5.41) is 3.81. The summed E-state index contributed by atoms with van der Waals surface area (Å²) in [6.07, 6.45) is 9.88. The predicted octanol–water partition coefficient (Wildman–Crippen LogP) is 2.94. The van der Waals surface area contributed by atoms with Crippen LogP contribution >= 0.6 is 0 Å². The van der Waals surface area contributed by atoms with Crippen molar-refractivity contribution in [3.8, 4) is 0 Å². The number of aromatic amines is 1. The Bertz CT molecular complexity index is 543. The first-order chi connectivity index (χ1) is 9.40. The average Bonchev–Trinajstić information content (AvgIpc) is 2.90.